The Balaban J connectivity index is 0.000000109. The molecule has 0 spiro atoms. The highest BCUT2D eigenvalue weighted by atomic mass is 28.3. The van der Waals surface area contributed by atoms with Crippen LogP contribution in [0.2, 0.25) is 13.1 Å². The summed E-state index contributed by atoms with van der Waals surface area (Å²) in [4.78, 5) is 45.6. The van der Waals surface area contributed by atoms with Crippen LogP contribution in [0, 0.1) is 0 Å². The Labute approximate surface area is 783 Å². The molecule has 0 fully saturated rings. The zero-order valence-corrected chi connectivity index (χ0v) is 74.9. The summed E-state index contributed by atoms with van der Waals surface area (Å²) < 4.78 is 19.2. The van der Waals surface area contributed by atoms with Gasteiger partial charge in [-0.1, -0.05) is 407 Å². The molecule has 0 unspecified atom stereocenters. The maximum Gasteiger partial charge on any atom is 0.164 e. The summed E-state index contributed by atoms with van der Waals surface area (Å²) in [6, 6.07) is 153. The van der Waals surface area contributed by atoms with Crippen molar-refractivity contribution in [2.75, 3.05) is 0 Å². The molecule has 0 saturated carbocycles. The van der Waals surface area contributed by atoms with Gasteiger partial charge in [0.25, 0.3) is 0 Å². The maximum atomic E-state index is 6.50. The first kappa shape index (κ1) is 80.2. The van der Waals surface area contributed by atoms with E-state index in [4.69, 9.17) is 58.1 Å². The van der Waals surface area contributed by atoms with E-state index in [1.54, 1.807) is 0 Å². The molecule has 0 bridgehead atoms. The van der Waals surface area contributed by atoms with E-state index in [9.17, 15) is 0 Å². The van der Waals surface area contributed by atoms with Crippen molar-refractivity contribution in [3.8, 4) is 147 Å². The molecule has 638 valence electrons. The van der Waals surface area contributed by atoms with Crippen molar-refractivity contribution in [1.82, 2.24) is 44.9 Å². The van der Waals surface area contributed by atoms with Crippen LogP contribution in [0.15, 0.2) is 456 Å². The van der Waals surface area contributed by atoms with E-state index in [0.29, 0.717) is 52.4 Å². The summed E-state index contributed by atoms with van der Waals surface area (Å²) >= 11 is 0. The Kier molecular flexibility index (Phi) is 19.7. The highest BCUT2D eigenvalue weighted by Crippen LogP contribution is 2.45. The topological polar surface area (TPSA) is 155 Å². The quantitative estimate of drug-likeness (QED) is 0.107. The van der Waals surface area contributed by atoms with Gasteiger partial charge in [0.15, 0.2) is 52.4 Å². The van der Waals surface area contributed by atoms with Gasteiger partial charge >= 0.3 is 0 Å². The number of furan rings is 3. The lowest BCUT2D eigenvalue weighted by Crippen LogP contribution is -2.49. The molecule has 12 nitrogen and oxygen atoms in total. The van der Waals surface area contributed by atoms with Crippen LogP contribution in [0.25, 0.3) is 256 Å². The first-order chi connectivity index (χ1) is 67.1. The number of benzene rings is 20. The van der Waals surface area contributed by atoms with Gasteiger partial charge in [0, 0.05) is 93.2 Å². The summed E-state index contributed by atoms with van der Waals surface area (Å²) in [5.74, 6) is 5.66. The summed E-state index contributed by atoms with van der Waals surface area (Å²) in [7, 11) is -2.00. The van der Waals surface area contributed by atoms with Crippen LogP contribution in [0.5, 0.6) is 0 Å². The van der Waals surface area contributed by atoms with Gasteiger partial charge in [0.1, 0.15) is 41.6 Å². The van der Waals surface area contributed by atoms with E-state index in [2.05, 4.69) is 335 Å². The zero-order valence-electron chi connectivity index (χ0n) is 73.9. The molecule has 0 amide bonds. The lowest BCUT2D eigenvalue weighted by Gasteiger charge is -2.20. The largest absolute Gasteiger partial charge is 0.456 e. The normalized spacial score (nSPS) is 12.1. The molecule has 27 rings (SSSR count). The van der Waals surface area contributed by atoms with Gasteiger partial charge in [0.2, 0.25) is 0 Å². The Morgan fingerprint density at radius 2 is 0.493 bits per heavy atom. The molecule has 0 atom stereocenters. The molecule has 20 aromatic carbocycles. The van der Waals surface area contributed by atoms with Gasteiger partial charge < -0.3 is 13.3 Å². The minimum Gasteiger partial charge on any atom is -0.456 e. The Hall–Kier alpha value is -17.9. The average molecular weight is 1760 g/mol. The van der Waals surface area contributed by atoms with Crippen molar-refractivity contribution in [2.45, 2.75) is 13.1 Å². The first-order valence-corrected chi connectivity index (χ1v) is 48.7. The summed E-state index contributed by atoms with van der Waals surface area (Å²) in [5, 5.41) is 18.7. The predicted octanol–water partition coefficient (Wildman–Crippen LogP) is 30.7. The van der Waals surface area contributed by atoms with E-state index in [-0.39, 0.29) is 0 Å². The van der Waals surface area contributed by atoms with Gasteiger partial charge in [-0.3, -0.25) is 0 Å². The Bertz CT molecular complexity index is 9090. The molecule has 26 aromatic rings. The molecule has 0 N–H and O–H groups in total. The Morgan fingerprint density at radius 3 is 0.993 bits per heavy atom. The lowest BCUT2D eigenvalue weighted by molar-refractivity contribution is 0.669. The summed E-state index contributed by atoms with van der Waals surface area (Å²) in [5.41, 5.74) is 23.0. The third-order valence-electron chi connectivity index (χ3n) is 26.4. The van der Waals surface area contributed by atoms with Crippen molar-refractivity contribution in [3.63, 3.8) is 0 Å². The van der Waals surface area contributed by atoms with Gasteiger partial charge in [-0.2, -0.15) is 0 Å². The smallest absolute Gasteiger partial charge is 0.164 e. The molecule has 1 aliphatic rings. The second-order valence-electron chi connectivity index (χ2n) is 34.9. The maximum absolute atomic E-state index is 6.50. The van der Waals surface area contributed by atoms with Gasteiger partial charge in [-0.05, 0) is 136 Å². The van der Waals surface area contributed by atoms with Crippen LogP contribution < -0.4 is 10.4 Å². The highest BCUT2D eigenvalue weighted by Gasteiger charge is 2.41. The fourth-order valence-electron chi connectivity index (χ4n) is 19.7. The molecule has 136 heavy (non-hydrogen) atoms. The number of hydrogen-bond donors (Lipinski definition) is 0. The minimum atomic E-state index is -2.00. The van der Waals surface area contributed by atoms with Gasteiger partial charge in [-0.25, -0.2) is 44.9 Å². The second-order valence-corrected chi connectivity index (χ2v) is 39.2. The standard InChI is InChI=1S/C43H27N3O.C41H25N3O.C39H27N3OSi/c1-3-10-28(11-4-1)30-18-22-33(23-19-30)41-44-42(34-24-20-31(21-25-34)29-12-5-2-6-13-29)46-43(45-41)37-16-9-17-38-39(37)36-27-26-32-14-7-8-15-35(32)40(36)47-38;1-2-11-29(12-3-1)39-42-40(30-20-17-27(18-21-30)32-22-19-26-9-4-5-13-31(26)25-32)44-41(43-39)35-15-8-16-36-37(35)34-24-23-28-10-6-7-14-33(28)38(34)45-36;1-44(2)34-18-10-16-31(35(34)30-22-19-24-11-6-7-14-27(24)36(30)44)39-41-37(25-12-4-3-5-13-25)40-38(42-39)26-20-21-29-28-15-8-9-17-32(28)43-33(29)23-26/h1-27H;1-25H;3-23H,1-2H3. The van der Waals surface area contributed by atoms with Crippen LogP contribution >= 0.6 is 0 Å². The van der Waals surface area contributed by atoms with Gasteiger partial charge in [-0.15, -0.1) is 0 Å². The van der Waals surface area contributed by atoms with Crippen molar-refractivity contribution in [2.24, 2.45) is 0 Å². The molecule has 0 aliphatic carbocycles. The molecule has 0 radical (unpaired) electrons. The summed E-state index contributed by atoms with van der Waals surface area (Å²) in [6.45, 7) is 4.93. The van der Waals surface area contributed by atoms with Crippen molar-refractivity contribution >= 4 is 127 Å². The van der Waals surface area contributed by atoms with Crippen LogP contribution in [0.3, 0.4) is 0 Å². The number of para-hydroxylation sites is 1. The number of aromatic nitrogens is 9. The number of fused-ring (bicyclic) bond motifs is 19. The van der Waals surface area contributed by atoms with Crippen molar-refractivity contribution < 1.29 is 13.3 Å². The molecule has 7 heterocycles. The fourth-order valence-corrected chi connectivity index (χ4v) is 23.1. The molecule has 1 aliphatic heterocycles. The summed E-state index contributed by atoms with van der Waals surface area (Å²) in [6.07, 6.45) is 0. The van der Waals surface area contributed by atoms with E-state index >= 15 is 0 Å². The SMILES string of the molecule is C[Si]1(C)c2cccc(-c3nc(-c4ccccc4)nc(-c4ccc5c(c4)oc4ccccc45)n3)c2-c2ccc3ccccc3c21.c1ccc(-c2ccc(-c3nc(-c4ccc(-c5ccccc5)cc4)nc(-c4cccc5oc6c7ccccc7ccc6c45)n3)cc2)cc1.c1ccc(-c2nc(-c3ccc(-c4ccc5ccccc5c4)cc3)nc(-c3cccc4oc5c6ccccc6ccc5c34)n2)cc1. The third-order valence-corrected chi connectivity index (χ3v) is 29.9. The number of hydrogen-bond acceptors (Lipinski definition) is 12. The second kappa shape index (κ2) is 33.5. The van der Waals surface area contributed by atoms with Crippen LogP contribution in [-0.4, -0.2) is 52.9 Å². The van der Waals surface area contributed by atoms with E-state index < -0.39 is 8.07 Å². The fraction of sp³-hybridized carbons (Fsp3) is 0.0163. The average Bonchev–Trinajstić information content (AvgIpc) is 1.55. The van der Waals surface area contributed by atoms with Gasteiger partial charge in [0.05, 0.1) is 0 Å². The predicted molar refractivity (Wildman–Crippen MR) is 559 cm³/mol. The van der Waals surface area contributed by atoms with E-state index in [1.807, 2.05) is 121 Å². The van der Waals surface area contributed by atoms with Crippen molar-refractivity contribution in [1.29, 1.82) is 0 Å². The molecular formula is C123H79N9O3Si. The van der Waals surface area contributed by atoms with Crippen LogP contribution in [0.1, 0.15) is 0 Å². The number of nitrogens with zero attached hydrogens (tertiary/aromatic N) is 9. The van der Waals surface area contributed by atoms with E-state index in [0.717, 1.165) is 154 Å². The minimum absolute atomic E-state index is 0.603. The molecule has 0 saturated heterocycles. The van der Waals surface area contributed by atoms with E-state index in [1.165, 1.54) is 59.7 Å². The van der Waals surface area contributed by atoms with Crippen molar-refractivity contribution in [3.05, 3.63) is 443 Å². The molecular weight excluding hydrogens is 1680 g/mol. The molecule has 13 heteroatoms. The highest BCUT2D eigenvalue weighted by molar-refractivity contribution is 7.05. The van der Waals surface area contributed by atoms with Crippen LogP contribution in [-0.2, 0) is 0 Å². The van der Waals surface area contributed by atoms with Crippen LogP contribution in [0.4, 0.5) is 0 Å². The third kappa shape index (κ3) is 14.5. The first-order valence-electron chi connectivity index (χ1n) is 45.7. The monoisotopic (exact) mass is 1760 g/mol. The molecule has 6 aromatic heterocycles. The zero-order chi connectivity index (χ0) is 90.3. The number of rotatable bonds is 12. The Morgan fingerprint density at radius 1 is 0.176 bits per heavy atom. The lowest BCUT2D eigenvalue weighted by atomic mass is 9.96.